The summed E-state index contributed by atoms with van der Waals surface area (Å²) in [5, 5.41) is 15.6. The second-order valence-electron chi connectivity index (χ2n) is 7.92. The molecule has 10 heteroatoms. The maximum atomic E-state index is 13.9. The predicted octanol–water partition coefficient (Wildman–Crippen LogP) is 4.53. The number of halogens is 1. The fraction of sp³-hybridized carbons (Fsp3) is 0.200. The van der Waals surface area contributed by atoms with E-state index in [1.54, 1.807) is 47.3 Å². The summed E-state index contributed by atoms with van der Waals surface area (Å²) in [5.41, 5.74) is 4.24. The second-order valence-corrected chi connectivity index (χ2v) is 8.33. The number of ether oxygens (including phenoxy) is 1. The second kappa shape index (κ2) is 10.5. The molecule has 2 aromatic heterocycles. The standard InChI is InChI=1S/C25H25FN6O2S/c1-16-23(17(2)32(29-16)15-18-8-4-6-10-20(18)24(33)34-3)28-25(35)27-22-12-13-31(30-22)14-19-9-5-7-11-21(19)26/h4-13H,14-15H2,1-3H3,(H2,27,28,30,35). The highest BCUT2D eigenvalue weighted by Crippen LogP contribution is 2.22. The first-order chi connectivity index (χ1) is 16.9. The van der Waals surface area contributed by atoms with Crippen molar-refractivity contribution in [3.8, 4) is 0 Å². The first-order valence-corrected chi connectivity index (χ1v) is 11.3. The van der Waals surface area contributed by atoms with E-state index in [2.05, 4.69) is 20.8 Å². The van der Waals surface area contributed by atoms with Crippen LogP contribution in [0.4, 0.5) is 15.9 Å². The normalized spacial score (nSPS) is 10.7. The number of benzene rings is 2. The number of carbonyl (C=O) groups excluding carboxylic acids is 1. The Labute approximate surface area is 207 Å². The number of aryl methyl sites for hydroxylation is 1. The van der Waals surface area contributed by atoms with Gasteiger partial charge in [0.1, 0.15) is 5.82 Å². The average molecular weight is 493 g/mol. The van der Waals surface area contributed by atoms with Crippen molar-refractivity contribution < 1.29 is 13.9 Å². The van der Waals surface area contributed by atoms with Crippen molar-refractivity contribution in [1.82, 2.24) is 19.6 Å². The van der Waals surface area contributed by atoms with Crippen molar-refractivity contribution >= 4 is 34.8 Å². The summed E-state index contributed by atoms with van der Waals surface area (Å²) < 4.78 is 22.2. The lowest BCUT2D eigenvalue weighted by atomic mass is 10.1. The zero-order chi connectivity index (χ0) is 24.9. The minimum atomic E-state index is -0.389. The lowest BCUT2D eigenvalue weighted by Crippen LogP contribution is -2.20. The molecule has 0 aliphatic carbocycles. The quantitative estimate of drug-likeness (QED) is 0.290. The minimum absolute atomic E-state index is 0.271. The van der Waals surface area contributed by atoms with E-state index in [0.717, 1.165) is 22.6 Å². The molecule has 2 N–H and O–H groups in total. The van der Waals surface area contributed by atoms with E-state index in [0.29, 0.717) is 35.1 Å². The van der Waals surface area contributed by atoms with Gasteiger partial charge in [0.2, 0.25) is 0 Å². The van der Waals surface area contributed by atoms with E-state index in [4.69, 9.17) is 17.0 Å². The number of carbonyl (C=O) groups is 1. The smallest absolute Gasteiger partial charge is 0.338 e. The van der Waals surface area contributed by atoms with Gasteiger partial charge in [0.25, 0.3) is 0 Å². The minimum Gasteiger partial charge on any atom is -0.465 e. The number of rotatable bonds is 7. The zero-order valence-corrected chi connectivity index (χ0v) is 20.4. The van der Waals surface area contributed by atoms with Gasteiger partial charge in [-0.25, -0.2) is 9.18 Å². The number of nitrogens with zero attached hydrogens (tertiary/aromatic N) is 4. The molecule has 0 saturated carbocycles. The fourth-order valence-electron chi connectivity index (χ4n) is 3.74. The molecule has 8 nitrogen and oxygen atoms in total. The first-order valence-electron chi connectivity index (χ1n) is 10.9. The Morgan fingerprint density at radius 1 is 1.00 bits per heavy atom. The highest BCUT2D eigenvalue weighted by Gasteiger charge is 2.17. The summed E-state index contributed by atoms with van der Waals surface area (Å²) in [6.45, 7) is 4.52. The first kappa shape index (κ1) is 24.1. The van der Waals surface area contributed by atoms with Gasteiger partial charge in [-0.15, -0.1) is 0 Å². The summed E-state index contributed by atoms with van der Waals surface area (Å²) in [4.78, 5) is 12.1. The molecule has 180 valence electrons. The Morgan fingerprint density at radius 2 is 1.71 bits per heavy atom. The van der Waals surface area contributed by atoms with Crippen molar-refractivity contribution in [3.63, 3.8) is 0 Å². The molecule has 0 unspecified atom stereocenters. The number of methoxy groups -OCH3 is 1. The number of hydrogen-bond acceptors (Lipinski definition) is 5. The number of nitrogens with one attached hydrogen (secondary N) is 2. The lowest BCUT2D eigenvalue weighted by molar-refractivity contribution is 0.0599. The summed E-state index contributed by atoms with van der Waals surface area (Å²) in [7, 11) is 1.36. The van der Waals surface area contributed by atoms with Crippen LogP contribution in [0.2, 0.25) is 0 Å². The molecule has 4 aromatic rings. The molecule has 4 rings (SSSR count). The van der Waals surface area contributed by atoms with Crippen LogP contribution >= 0.6 is 12.2 Å². The van der Waals surface area contributed by atoms with Gasteiger partial charge in [-0.05, 0) is 43.8 Å². The zero-order valence-electron chi connectivity index (χ0n) is 19.6. The average Bonchev–Trinajstić information content (AvgIpc) is 3.39. The van der Waals surface area contributed by atoms with Crippen LogP contribution in [0.3, 0.4) is 0 Å². The van der Waals surface area contributed by atoms with E-state index in [1.165, 1.54) is 13.2 Å². The Kier molecular flexibility index (Phi) is 7.21. The largest absolute Gasteiger partial charge is 0.465 e. The summed E-state index contributed by atoms with van der Waals surface area (Å²) >= 11 is 5.48. The Morgan fingerprint density at radius 3 is 2.46 bits per heavy atom. The van der Waals surface area contributed by atoms with Gasteiger partial charge in [0.15, 0.2) is 10.9 Å². The molecule has 2 aromatic carbocycles. The fourth-order valence-corrected chi connectivity index (χ4v) is 3.95. The number of thiocarbonyl (C=S) groups is 1. The van der Waals surface area contributed by atoms with Crippen LogP contribution in [0.1, 0.15) is 32.9 Å². The molecule has 0 aliphatic heterocycles. The van der Waals surface area contributed by atoms with Gasteiger partial charge in [-0.3, -0.25) is 9.36 Å². The van der Waals surface area contributed by atoms with Gasteiger partial charge < -0.3 is 15.4 Å². The van der Waals surface area contributed by atoms with E-state index < -0.39 is 0 Å². The van der Waals surface area contributed by atoms with E-state index in [1.807, 2.05) is 30.7 Å². The van der Waals surface area contributed by atoms with Gasteiger partial charge in [-0.1, -0.05) is 36.4 Å². The van der Waals surface area contributed by atoms with Crippen LogP contribution in [0.5, 0.6) is 0 Å². The number of esters is 1. The number of aromatic nitrogens is 4. The highest BCUT2D eigenvalue weighted by molar-refractivity contribution is 7.80. The lowest BCUT2D eigenvalue weighted by Gasteiger charge is -2.11. The van der Waals surface area contributed by atoms with Crippen LogP contribution in [0, 0.1) is 19.7 Å². The van der Waals surface area contributed by atoms with E-state index in [-0.39, 0.29) is 11.8 Å². The Bertz CT molecular complexity index is 1380. The van der Waals surface area contributed by atoms with Gasteiger partial charge in [0, 0.05) is 17.8 Å². The van der Waals surface area contributed by atoms with Crippen molar-refractivity contribution in [1.29, 1.82) is 0 Å². The molecule has 0 bridgehead atoms. The number of hydrogen-bond donors (Lipinski definition) is 2. The summed E-state index contributed by atoms with van der Waals surface area (Å²) in [5.74, 6) is -0.124. The van der Waals surface area contributed by atoms with Crippen LogP contribution in [-0.2, 0) is 17.8 Å². The molecule has 0 radical (unpaired) electrons. The van der Waals surface area contributed by atoms with Crippen LogP contribution in [0.25, 0.3) is 0 Å². The van der Waals surface area contributed by atoms with Crippen molar-refractivity contribution in [2.75, 3.05) is 17.7 Å². The molecular weight excluding hydrogens is 467 g/mol. The Hall–Kier alpha value is -4.05. The monoisotopic (exact) mass is 492 g/mol. The van der Waals surface area contributed by atoms with Gasteiger partial charge >= 0.3 is 5.97 Å². The van der Waals surface area contributed by atoms with Crippen LogP contribution in [-0.4, -0.2) is 37.8 Å². The molecule has 0 aliphatic rings. The third-order valence-electron chi connectivity index (χ3n) is 5.54. The summed E-state index contributed by atoms with van der Waals surface area (Å²) in [6, 6.07) is 15.6. The predicted molar refractivity (Wildman–Crippen MR) is 136 cm³/mol. The molecule has 0 saturated heterocycles. The van der Waals surface area contributed by atoms with Gasteiger partial charge in [0.05, 0.1) is 42.8 Å². The molecule has 0 atom stereocenters. The molecule has 0 amide bonds. The van der Waals surface area contributed by atoms with E-state index in [9.17, 15) is 9.18 Å². The molecule has 0 fully saturated rings. The van der Waals surface area contributed by atoms with Crippen molar-refractivity contribution in [2.45, 2.75) is 26.9 Å². The topological polar surface area (TPSA) is 86.0 Å². The highest BCUT2D eigenvalue weighted by atomic mass is 32.1. The molecule has 2 heterocycles. The molecule has 0 spiro atoms. The van der Waals surface area contributed by atoms with Crippen molar-refractivity contribution in [2.24, 2.45) is 0 Å². The third-order valence-corrected chi connectivity index (χ3v) is 5.74. The van der Waals surface area contributed by atoms with Crippen molar-refractivity contribution in [3.05, 3.63) is 94.7 Å². The van der Waals surface area contributed by atoms with Crippen LogP contribution in [0.15, 0.2) is 60.8 Å². The SMILES string of the molecule is COC(=O)c1ccccc1Cn1nc(C)c(NC(=S)Nc2ccn(Cc3ccccc3F)n2)c1C. The van der Waals surface area contributed by atoms with E-state index >= 15 is 0 Å². The molecular formula is C25H25FN6O2S. The maximum absolute atomic E-state index is 13.9. The third kappa shape index (κ3) is 5.55. The number of anilines is 2. The van der Waals surface area contributed by atoms with Crippen LogP contribution < -0.4 is 10.6 Å². The maximum Gasteiger partial charge on any atom is 0.338 e. The summed E-state index contributed by atoms with van der Waals surface area (Å²) in [6.07, 6.45) is 1.75. The van der Waals surface area contributed by atoms with Gasteiger partial charge in [-0.2, -0.15) is 10.2 Å². The Balaban J connectivity index is 1.43. The molecule has 35 heavy (non-hydrogen) atoms.